The van der Waals surface area contributed by atoms with E-state index in [1.165, 1.54) is 19.0 Å². The highest BCUT2D eigenvalue weighted by Gasteiger charge is 2.42. The average Bonchev–Trinajstić information content (AvgIpc) is 2.69. The maximum Gasteiger partial charge on any atom is 0.227 e. The van der Waals surface area contributed by atoms with Crippen LogP contribution in [0, 0.1) is 17.8 Å². The van der Waals surface area contributed by atoms with Gasteiger partial charge in [0, 0.05) is 24.3 Å². The van der Waals surface area contributed by atoms with Crippen LogP contribution in [-0.4, -0.2) is 44.2 Å². The predicted molar refractivity (Wildman–Crippen MR) is 120 cm³/mol. The average molecular weight is 457 g/mol. The molecule has 2 heterocycles. The Hall–Kier alpha value is -0.880. The summed E-state index contributed by atoms with van der Waals surface area (Å²) < 4.78 is 0. The molecule has 0 aromatic carbocycles. The van der Waals surface area contributed by atoms with Crippen LogP contribution in [0.5, 0.6) is 0 Å². The van der Waals surface area contributed by atoms with Gasteiger partial charge in [-0.1, -0.05) is 36.0 Å². The molecule has 0 spiro atoms. The molecule has 168 valence electrons. The Labute approximate surface area is 189 Å². The van der Waals surface area contributed by atoms with E-state index in [4.69, 9.17) is 23.2 Å². The van der Waals surface area contributed by atoms with Gasteiger partial charge in [-0.15, -0.1) is 0 Å². The molecule has 1 saturated carbocycles. The molecule has 1 amide bonds. The maximum atomic E-state index is 13.2. The number of rotatable bonds is 6. The number of nitrogens with zero attached hydrogens (tertiary/aromatic N) is 2. The van der Waals surface area contributed by atoms with E-state index in [2.05, 4.69) is 11.9 Å². The van der Waals surface area contributed by atoms with E-state index in [-0.39, 0.29) is 30.0 Å². The lowest BCUT2D eigenvalue weighted by molar-refractivity contribution is -0.138. The standard InChI is InChI=1S/C23H34Cl2N2O3/c1-14-16-6-4-5-15(7-9-23(2,3)30)17(16)8-10-27(14)21(29)11-18-19(24)12-26-20(13-28)22(18)25/h12,14-17,28,30H,4-11,13H2,1-3H3/t14-,15-,16+,17-/m0/s1. The molecule has 1 saturated heterocycles. The second kappa shape index (κ2) is 9.72. The van der Waals surface area contributed by atoms with Crippen LogP contribution in [0.2, 0.25) is 10.0 Å². The van der Waals surface area contributed by atoms with Crippen LogP contribution in [0.15, 0.2) is 6.20 Å². The van der Waals surface area contributed by atoms with Gasteiger partial charge in [0.15, 0.2) is 0 Å². The van der Waals surface area contributed by atoms with E-state index in [9.17, 15) is 15.0 Å². The summed E-state index contributed by atoms with van der Waals surface area (Å²) in [6.45, 7) is 6.39. The summed E-state index contributed by atoms with van der Waals surface area (Å²) in [6, 6.07) is 0.179. The minimum Gasteiger partial charge on any atom is -0.390 e. The zero-order valence-corrected chi connectivity index (χ0v) is 19.7. The summed E-state index contributed by atoms with van der Waals surface area (Å²) in [5, 5.41) is 20.2. The van der Waals surface area contributed by atoms with Gasteiger partial charge < -0.3 is 15.1 Å². The number of carbonyl (C=O) groups excluding carboxylic acids is 1. The molecule has 4 atom stereocenters. The molecule has 0 bridgehead atoms. The number of amides is 1. The quantitative estimate of drug-likeness (QED) is 0.654. The zero-order valence-electron chi connectivity index (χ0n) is 18.2. The van der Waals surface area contributed by atoms with Crippen LogP contribution in [-0.2, 0) is 17.8 Å². The largest absolute Gasteiger partial charge is 0.390 e. The minimum atomic E-state index is -0.619. The van der Waals surface area contributed by atoms with Crippen LogP contribution >= 0.6 is 23.2 Å². The van der Waals surface area contributed by atoms with E-state index < -0.39 is 5.60 Å². The molecule has 0 unspecified atom stereocenters. The van der Waals surface area contributed by atoms with Gasteiger partial charge in [-0.2, -0.15) is 0 Å². The Kier molecular flexibility index (Phi) is 7.71. The van der Waals surface area contributed by atoms with Crippen LogP contribution in [0.1, 0.15) is 70.6 Å². The van der Waals surface area contributed by atoms with E-state index in [0.717, 1.165) is 32.2 Å². The van der Waals surface area contributed by atoms with E-state index in [1.807, 2.05) is 18.7 Å². The number of piperidine rings is 1. The van der Waals surface area contributed by atoms with Crippen LogP contribution < -0.4 is 0 Å². The molecule has 7 heteroatoms. The van der Waals surface area contributed by atoms with E-state index in [1.54, 1.807) is 0 Å². The van der Waals surface area contributed by atoms with Crippen molar-refractivity contribution in [3.8, 4) is 0 Å². The Balaban J connectivity index is 1.69. The maximum absolute atomic E-state index is 13.2. The SMILES string of the molecule is C[C@H]1[C@H]2CCC[C@@H](CCC(C)(C)O)[C@@H]2CCN1C(=O)Cc1c(Cl)cnc(CO)c1Cl. The molecule has 3 rings (SSSR count). The molecule has 2 aliphatic rings. The lowest BCUT2D eigenvalue weighted by atomic mass is 9.64. The van der Waals surface area contributed by atoms with Crippen molar-refractivity contribution in [2.45, 2.75) is 84.0 Å². The number of hydrogen-bond donors (Lipinski definition) is 2. The van der Waals surface area contributed by atoms with Crippen molar-refractivity contribution in [2.24, 2.45) is 17.8 Å². The number of fused-ring (bicyclic) bond motifs is 1. The highest BCUT2D eigenvalue weighted by Crippen LogP contribution is 2.45. The number of halogens is 2. The van der Waals surface area contributed by atoms with E-state index in [0.29, 0.717) is 34.0 Å². The van der Waals surface area contributed by atoms with Crippen molar-refractivity contribution in [3.05, 3.63) is 27.5 Å². The van der Waals surface area contributed by atoms with Gasteiger partial charge in [-0.3, -0.25) is 9.78 Å². The number of carbonyl (C=O) groups is 1. The number of aromatic nitrogens is 1. The summed E-state index contributed by atoms with van der Waals surface area (Å²) in [7, 11) is 0. The molecule has 1 aliphatic heterocycles. The highest BCUT2D eigenvalue weighted by atomic mass is 35.5. The van der Waals surface area contributed by atoms with Crippen molar-refractivity contribution >= 4 is 29.1 Å². The number of likely N-dealkylation sites (tertiary alicyclic amines) is 1. The van der Waals surface area contributed by atoms with Crippen LogP contribution in [0.3, 0.4) is 0 Å². The monoisotopic (exact) mass is 456 g/mol. The molecule has 2 N–H and O–H groups in total. The molecule has 1 aromatic heterocycles. The first-order chi connectivity index (χ1) is 14.1. The summed E-state index contributed by atoms with van der Waals surface area (Å²) in [5.41, 5.74) is 0.270. The van der Waals surface area contributed by atoms with E-state index >= 15 is 0 Å². The van der Waals surface area contributed by atoms with Gasteiger partial charge in [0.2, 0.25) is 5.91 Å². The fourth-order valence-electron chi connectivity index (χ4n) is 5.49. The number of pyridine rings is 1. The summed E-state index contributed by atoms with van der Waals surface area (Å²) in [4.78, 5) is 19.2. The van der Waals surface area contributed by atoms with Crippen molar-refractivity contribution in [2.75, 3.05) is 6.54 Å². The molecule has 1 aromatic rings. The van der Waals surface area contributed by atoms with Crippen molar-refractivity contribution in [1.82, 2.24) is 9.88 Å². The summed E-state index contributed by atoms with van der Waals surface area (Å²) >= 11 is 12.6. The number of aliphatic hydroxyl groups is 2. The first kappa shape index (κ1) is 23.8. The normalized spacial score (nSPS) is 27.1. The van der Waals surface area contributed by atoms with Crippen LogP contribution in [0.25, 0.3) is 0 Å². The second-order valence-corrected chi connectivity index (χ2v) is 10.5. The minimum absolute atomic E-state index is 0.0263. The molecule has 30 heavy (non-hydrogen) atoms. The Bertz CT molecular complexity index is 766. The molecule has 5 nitrogen and oxygen atoms in total. The van der Waals surface area contributed by atoms with Crippen molar-refractivity contribution in [3.63, 3.8) is 0 Å². The fourth-order valence-corrected chi connectivity index (χ4v) is 6.02. The van der Waals surface area contributed by atoms with Gasteiger partial charge in [0.05, 0.1) is 34.4 Å². The lowest BCUT2D eigenvalue weighted by Gasteiger charge is -2.50. The third kappa shape index (κ3) is 5.29. The number of aliphatic hydroxyl groups excluding tert-OH is 1. The van der Waals surface area contributed by atoms with Crippen molar-refractivity contribution in [1.29, 1.82) is 0 Å². The molecule has 0 radical (unpaired) electrons. The predicted octanol–water partition coefficient (Wildman–Crippen LogP) is 4.63. The summed E-state index contributed by atoms with van der Waals surface area (Å²) in [5.74, 6) is 1.78. The van der Waals surface area contributed by atoms with Crippen LogP contribution in [0.4, 0.5) is 0 Å². The first-order valence-electron chi connectivity index (χ1n) is 11.1. The molecule has 2 fully saturated rings. The van der Waals surface area contributed by atoms with Gasteiger partial charge in [0.1, 0.15) is 0 Å². The molecular weight excluding hydrogens is 423 g/mol. The fraction of sp³-hybridized carbons (Fsp3) is 0.739. The number of hydrogen-bond acceptors (Lipinski definition) is 4. The van der Waals surface area contributed by atoms with Gasteiger partial charge in [-0.05, 0) is 64.2 Å². The lowest BCUT2D eigenvalue weighted by Crippen LogP contribution is -2.53. The Morgan fingerprint density at radius 2 is 2.00 bits per heavy atom. The van der Waals surface area contributed by atoms with Gasteiger partial charge >= 0.3 is 0 Å². The zero-order chi connectivity index (χ0) is 22.1. The van der Waals surface area contributed by atoms with Gasteiger partial charge in [0.25, 0.3) is 0 Å². The smallest absolute Gasteiger partial charge is 0.227 e. The van der Waals surface area contributed by atoms with Crippen molar-refractivity contribution < 1.29 is 15.0 Å². The molecule has 1 aliphatic carbocycles. The molecular formula is C23H34Cl2N2O3. The third-order valence-electron chi connectivity index (χ3n) is 7.15. The second-order valence-electron chi connectivity index (χ2n) is 9.67. The summed E-state index contributed by atoms with van der Waals surface area (Å²) in [6.07, 6.45) is 8.03. The Morgan fingerprint density at radius 3 is 2.67 bits per heavy atom. The topological polar surface area (TPSA) is 73.7 Å². The highest BCUT2D eigenvalue weighted by molar-refractivity contribution is 6.36. The third-order valence-corrected chi connectivity index (χ3v) is 7.92. The Morgan fingerprint density at radius 1 is 1.27 bits per heavy atom. The first-order valence-corrected chi connectivity index (χ1v) is 11.8. The van der Waals surface area contributed by atoms with Gasteiger partial charge in [-0.25, -0.2) is 0 Å².